The van der Waals surface area contributed by atoms with Crippen molar-refractivity contribution in [3.05, 3.63) is 11.8 Å². The zero-order valence-electron chi connectivity index (χ0n) is 11.4. The van der Waals surface area contributed by atoms with Crippen molar-refractivity contribution >= 4 is 17.7 Å². The van der Waals surface area contributed by atoms with Gasteiger partial charge < -0.3 is 5.11 Å². The van der Waals surface area contributed by atoms with Crippen molar-refractivity contribution in [2.75, 3.05) is 5.32 Å². The Morgan fingerprint density at radius 2 is 2.21 bits per heavy atom. The summed E-state index contributed by atoms with van der Waals surface area (Å²) >= 11 is 0. The summed E-state index contributed by atoms with van der Waals surface area (Å²) in [7, 11) is 0. The topological polar surface area (TPSA) is 84.2 Å². The molecule has 6 nitrogen and oxygen atoms in total. The van der Waals surface area contributed by atoms with Gasteiger partial charge in [-0.2, -0.15) is 5.10 Å². The normalized spacial score (nSPS) is 19.7. The standard InChI is InChI=1S/C13H19N3O3/c1-13(2,3)16-11(14-12(18)19)7-10(15-16)8-4-5-9(17)6-8/h7-8,14H,4-6H2,1-3H3,(H,18,19). The average molecular weight is 265 g/mol. The number of amides is 1. The molecule has 1 aliphatic carbocycles. The Morgan fingerprint density at radius 3 is 2.68 bits per heavy atom. The number of hydrogen-bond acceptors (Lipinski definition) is 3. The molecule has 1 aliphatic rings. The van der Waals surface area contributed by atoms with E-state index >= 15 is 0 Å². The van der Waals surface area contributed by atoms with Crippen LogP contribution in [-0.4, -0.2) is 26.8 Å². The van der Waals surface area contributed by atoms with Crippen LogP contribution in [0, 0.1) is 0 Å². The van der Waals surface area contributed by atoms with E-state index in [-0.39, 0.29) is 17.2 Å². The molecule has 2 N–H and O–H groups in total. The van der Waals surface area contributed by atoms with Crippen molar-refractivity contribution in [2.45, 2.75) is 51.5 Å². The third kappa shape index (κ3) is 2.94. The summed E-state index contributed by atoms with van der Waals surface area (Å²) in [4.78, 5) is 22.2. The lowest BCUT2D eigenvalue weighted by atomic mass is 10.0. The fourth-order valence-corrected chi connectivity index (χ4v) is 2.38. The van der Waals surface area contributed by atoms with Crippen LogP contribution in [0.5, 0.6) is 0 Å². The Kier molecular flexibility index (Phi) is 3.34. The van der Waals surface area contributed by atoms with Crippen molar-refractivity contribution in [1.82, 2.24) is 9.78 Å². The molecule has 1 heterocycles. The highest BCUT2D eigenvalue weighted by Gasteiger charge is 2.29. The molecule has 0 aromatic carbocycles. The number of carbonyl (C=O) groups is 2. The largest absolute Gasteiger partial charge is 0.465 e. The van der Waals surface area contributed by atoms with Crippen LogP contribution in [0.4, 0.5) is 10.6 Å². The minimum atomic E-state index is -1.11. The van der Waals surface area contributed by atoms with E-state index in [2.05, 4.69) is 10.4 Å². The molecule has 1 saturated carbocycles. The van der Waals surface area contributed by atoms with Crippen molar-refractivity contribution in [1.29, 1.82) is 0 Å². The quantitative estimate of drug-likeness (QED) is 0.860. The van der Waals surface area contributed by atoms with Crippen LogP contribution in [0.1, 0.15) is 51.6 Å². The molecule has 1 aromatic rings. The molecule has 6 heteroatoms. The molecule has 2 rings (SSSR count). The molecule has 1 amide bonds. The third-order valence-corrected chi connectivity index (χ3v) is 3.26. The second-order valence-electron chi connectivity index (χ2n) is 5.95. The minimum Gasteiger partial charge on any atom is -0.465 e. The summed E-state index contributed by atoms with van der Waals surface area (Å²) in [5, 5.41) is 15.7. The molecule has 0 saturated heterocycles. The molecular formula is C13H19N3O3. The van der Waals surface area contributed by atoms with E-state index in [1.807, 2.05) is 20.8 Å². The van der Waals surface area contributed by atoms with Crippen LogP contribution in [0.2, 0.25) is 0 Å². The Labute approximate surface area is 111 Å². The molecular weight excluding hydrogens is 246 g/mol. The minimum absolute atomic E-state index is 0.116. The van der Waals surface area contributed by atoms with Gasteiger partial charge in [-0.05, 0) is 27.2 Å². The SMILES string of the molecule is CC(C)(C)n1nc(C2CCC(=O)C2)cc1NC(=O)O. The zero-order chi connectivity index (χ0) is 14.2. The number of ketones is 1. The van der Waals surface area contributed by atoms with E-state index in [0.29, 0.717) is 18.7 Å². The molecule has 19 heavy (non-hydrogen) atoms. The predicted molar refractivity (Wildman–Crippen MR) is 70.5 cm³/mol. The van der Waals surface area contributed by atoms with Gasteiger partial charge in [0.2, 0.25) is 0 Å². The molecule has 1 atom stereocenters. The number of rotatable bonds is 2. The van der Waals surface area contributed by atoms with Gasteiger partial charge in [0.05, 0.1) is 11.2 Å². The van der Waals surface area contributed by atoms with E-state index in [1.54, 1.807) is 10.7 Å². The second-order valence-corrected chi connectivity index (χ2v) is 5.95. The smallest absolute Gasteiger partial charge is 0.410 e. The molecule has 0 radical (unpaired) electrons. The maximum absolute atomic E-state index is 11.3. The number of carbonyl (C=O) groups excluding carboxylic acids is 1. The Hall–Kier alpha value is -1.85. The van der Waals surface area contributed by atoms with Crippen molar-refractivity contribution in [3.8, 4) is 0 Å². The number of nitrogens with zero attached hydrogens (tertiary/aromatic N) is 2. The third-order valence-electron chi connectivity index (χ3n) is 3.26. The zero-order valence-corrected chi connectivity index (χ0v) is 11.4. The highest BCUT2D eigenvalue weighted by atomic mass is 16.4. The Morgan fingerprint density at radius 1 is 1.53 bits per heavy atom. The average Bonchev–Trinajstić information content (AvgIpc) is 2.82. The van der Waals surface area contributed by atoms with Gasteiger partial charge in [-0.15, -0.1) is 0 Å². The monoisotopic (exact) mass is 265 g/mol. The molecule has 0 aliphatic heterocycles. The lowest BCUT2D eigenvalue weighted by Crippen LogP contribution is -2.26. The van der Waals surface area contributed by atoms with Gasteiger partial charge in [0.15, 0.2) is 0 Å². The van der Waals surface area contributed by atoms with E-state index in [4.69, 9.17) is 5.11 Å². The number of Topliss-reactive ketones (excluding diaryl/α,β-unsaturated/α-hetero) is 1. The van der Waals surface area contributed by atoms with Crippen LogP contribution in [0.25, 0.3) is 0 Å². The van der Waals surface area contributed by atoms with Gasteiger partial charge >= 0.3 is 6.09 Å². The lowest BCUT2D eigenvalue weighted by molar-refractivity contribution is -0.117. The van der Waals surface area contributed by atoms with E-state index in [0.717, 1.165) is 12.1 Å². The molecule has 1 unspecified atom stereocenters. The Balaban J connectivity index is 2.34. The lowest BCUT2D eigenvalue weighted by Gasteiger charge is -2.22. The molecule has 0 bridgehead atoms. The first-order valence-electron chi connectivity index (χ1n) is 6.39. The number of anilines is 1. The Bertz CT molecular complexity index is 514. The molecule has 1 fully saturated rings. The van der Waals surface area contributed by atoms with Crippen LogP contribution >= 0.6 is 0 Å². The van der Waals surface area contributed by atoms with Gasteiger partial charge in [0.1, 0.15) is 11.6 Å². The number of nitrogens with one attached hydrogen (secondary N) is 1. The molecule has 1 aromatic heterocycles. The summed E-state index contributed by atoms with van der Waals surface area (Å²) in [6.07, 6.45) is 0.786. The summed E-state index contributed by atoms with van der Waals surface area (Å²) in [5.74, 6) is 0.822. The van der Waals surface area contributed by atoms with Crippen LogP contribution in [0.3, 0.4) is 0 Å². The fourth-order valence-electron chi connectivity index (χ4n) is 2.38. The van der Waals surface area contributed by atoms with Crippen molar-refractivity contribution in [3.63, 3.8) is 0 Å². The van der Waals surface area contributed by atoms with Crippen LogP contribution < -0.4 is 5.32 Å². The second kappa shape index (κ2) is 4.68. The highest BCUT2D eigenvalue weighted by Crippen LogP contribution is 2.34. The maximum atomic E-state index is 11.3. The summed E-state index contributed by atoms with van der Waals surface area (Å²) in [6.45, 7) is 5.86. The van der Waals surface area contributed by atoms with Crippen molar-refractivity contribution < 1.29 is 14.7 Å². The summed E-state index contributed by atoms with van der Waals surface area (Å²) < 4.78 is 1.67. The van der Waals surface area contributed by atoms with Gasteiger partial charge in [-0.1, -0.05) is 0 Å². The number of carboxylic acid groups (broad SMARTS) is 1. The van der Waals surface area contributed by atoms with Gasteiger partial charge in [0, 0.05) is 24.8 Å². The first-order valence-corrected chi connectivity index (χ1v) is 6.39. The van der Waals surface area contributed by atoms with Crippen LogP contribution in [0.15, 0.2) is 6.07 Å². The predicted octanol–water partition coefficient (Wildman–Crippen LogP) is 2.56. The first kappa shape index (κ1) is 13.6. The molecule has 0 spiro atoms. The summed E-state index contributed by atoms with van der Waals surface area (Å²) in [6, 6.07) is 1.74. The van der Waals surface area contributed by atoms with Crippen molar-refractivity contribution in [2.24, 2.45) is 0 Å². The van der Waals surface area contributed by atoms with E-state index < -0.39 is 6.09 Å². The highest BCUT2D eigenvalue weighted by molar-refractivity contribution is 5.83. The van der Waals surface area contributed by atoms with Gasteiger partial charge in [-0.25, -0.2) is 9.48 Å². The molecule has 104 valence electrons. The van der Waals surface area contributed by atoms with E-state index in [1.165, 1.54) is 0 Å². The van der Waals surface area contributed by atoms with Crippen LogP contribution in [-0.2, 0) is 10.3 Å². The number of aromatic nitrogens is 2. The van der Waals surface area contributed by atoms with Gasteiger partial charge in [0.25, 0.3) is 0 Å². The fraction of sp³-hybridized carbons (Fsp3) is 0.615. The van der Waals surface area contributed by atoms with Gasteiger partial charge in [-0.3, -0.25) is 10.1 Å². The number of hydrogen-bond donors (Lipinski definition) is 2. The van der Waals surface area contributed by atoms with E-state index in [9.17, 15) is 9.59 Å². The summed E-state index contributed by atoms with van der Waals surface area (Å²) in [5.41, 5.74) is 0.475. The first-order chi connectivity index (χ1) is 8.77. The maximum Gasteiger partial charge on any atom is 0.410 e.